The minimum atomic E-state index is -1.88. The predicted molar refractivity (Wildman–Crippen MR) is 115 cm³/mol. The Morgan fingerprint density at radius 3 is 2.80 bits per heavy atom. The number of aromatic nitrogens is 5. The molecule has 0 bridgehead atoms. The van der Waals surface area contributed by atoms with E-state index < -0.39 is 13.0 Å². The van der Waals surface area contributed by atoms with Crippen LogP contribution < -0.4 is 4.90 Å². The lowest BCUT2D eigenvalue weighted by molar-refractivity contribution is 0.0991. The molecular weight excluding hydrogens is 376 g/mol. The molecule has 0 saturated carbocycles. The molecule has 0 unspecified atom stereocenters. The summed E-state index contributed by atoms with van der Waals surface area (Å²) in [5, 5.41) is 0.854. The number of aryl methyl sites for hydroxylation is 1. The van der Waals surface area contributed by atoms with Crippen LogP contribution in [-0.2, 0) is 13.5 Å². The molecule has 1 aliphatic heterocycles. The summed E-state index contributed by atoms with van der Waals surface area (Å²) in [6.07, 6.45) is 6.63. The second-order valence-corrected chi connectivity index (χ2v) is 7.10. The molecule has 5 rings (SSSR count). The molecule has 7 heteroatoms. The van der Waals surface area contributed by atoms with E-state index >= 15 is 0 Å². The Kier molecular flexibility index (Phi) is 3.68. The first-order valence-corrected chi connectivity index (χ1v) is 9.66. The number of rotatable bonds is 5. The van der Waals surface area contributed by atoms with Crippen molar-refractivity contribution in [2.24, 2.45) is 7.05 Å². The second kappa shape index (κ2) is 7.67. The maximum Gasteiger partial charge on any atom is 0.170 e. The van der Waals surface area contributed by atoms with Crippen molar-refractivity contribution >= 4 is 22.5 Å². The summed E-state index contributed by atoms with van der Waals surface area (Å²) in [6, 6.07) is 8.81. The fraction of sp³-hybridized carbons (Fsp3) is 0.261. The van der Waals surface area contributed by atoms with E-state index in [2.05, 4.69) is 19.9 Å². The molecule has 1 aromatic carbocycles. The Labute approximate surface area is 180 Å². The van der Waals surface area contributed by atoms with Gasteiger partial charge < -0.3 is 9.47 Å². The zero-order valence-corrected chi connectivity index (χ0v) is 16.4. The maximum atomic E-state index is 13.0. The number of hydrogen-bond donors (Lipinski definition) is 0. The van der Waals surface area contributed by atoms with E-state index in [1.165, 1.54) is 18.3 Å². The quantitative estimate of drug-likeness (QED) is 0.476. The van der Waals surface area contributed by atoms with E-state index in [9.17, 15) is 4.79 Å². The zero-order valence-electron chi connectivity index (χ0n) is 20.4. The van der Waals surface area contributed by atoms with E-state index in [0.717, 1.165) is 21.5 Å². The first-order valence-electron chi connectivity index (χ1n) is 11.7. The lowest BCUT2D eigenvalue weighted by atomic mass is 10.1. The third-order valence-electron chi connectivity index (χ3n) is 5.03. The molecule has 7 nitrogen and oxygen atoms in total. The normalized spacial score (nSPS) is 19.2. The summed E-state index contributed by atoms with van der Waals surface area (Å²) in [5.74, 6) is 0.203. The van der Waals surface area contributed by atoms with Gasteiger partial charge in [0.25, 0.3) is 0 Å². The molecule has 0 amide bonds. The number of carbonyl (C=O) groups excluding carboxylic acids is 1. The van der Waals surface area contributed by atoms with Crippen molar-refractivity contribution in [3.63, 3.8) is 0 Å². The summed E-state index contributed by atoms with van der Waals surface area (Å²) in [7, 11) is 1.92. The van der Waals surface area contributed by atoms with Crippen molar-refractivity contribution < 1.29 is 10.3 Å². The molecule has 0 N–H and O–H groups in total. The van der Waals surface area contributed by atoms with Crippen LogP contribution >= 0.6 is 0 Å². The van der Waals surface area contributed by atoms with Gasteiger partial charge in [-0.05, 0) is 31.0 Å². The maximum absolute atomic E-state index is 13.0. The summed E-state index contributed by atoms with van der Waals surface area (Å²) in [4.78, 5) is 31.2. The minimum absolute atomic E-state index is 0.0465. The topological polar surface area (TPSA) is 76.8 Å². The van der Waals surface area contributed by atoms with Crippen LogP contribution in [0.4, 0.5) is 5.82 Å². The van der Waals surface area contributed by atoms with Crippen molar-refractivity contribution in [1.29, 1.82) is 0 Å². The summed E-state index contributed by atoms with van der Waals surface area (Å²) in [6.45, 7) is -3.77. The van der Waals surface area contributed by atoms with Crippen LogP contribution in [0.1, 0.15) is 34.5 Å². The molecular formula is C23H22N6O. The van der Waals surface area contributed by atoms with Crippen molar-refractivity contribution in [3.8, 4) is 11.3 Å². The van der Waals surface area contributed by atoms with Gasteiger partial charge in [-0.1, -0.05) is 12.1 Å². The molecule has 150 valence electrons. The second-order valence-electron chi connectivity index (χ2n) is 7.10. The Hall–Kier alpha value is -3.61. The lowest BCUT2D eigenvalue weighted by Crippen LogP contribution is -2.19. The van der Waals surface area contributed by atoms with Crippen LogP contribution in [0.25, 0.3) is 22.2 Å². The number of benzene rings is 1. The largest absolute Gasteiger partial charge is 0.357 e. The van der Waals surface area contributed by atoms with Crippen LogP contribution in [0.5, 0.6) is 0 Å². The van der Waals surface area contributed by atoms with Gasteiger partial charge in [-0.15, -0.1) is 0 Å². The third kappa shape index (κ3) is 3.54. The molecule has 1 saturated heterocycles. The third-order valence-corrected chi connectivity index (χ3v) is 5.03. The Morgan fingerprint density at radius 2 is 2.00 bits per heavy atom. The van der Waals surface area contributed by atoms with Gasteiger partial charge in [0.1, 0.15) is 11.6 Å². The van der Waals surface area contributed by atoms with Gasteiger partial charge in [0.15, 0.2) is 5.78 Å². The number of carbonyl (C=O) groups is 1. The number of nitrogens with zero attached hydrogens (tertiary/aromatic N) is 6. The molecule has 4 heterocycles. The molecule has 0 radical (unpaired) electrons. The van der Waals surface area contributed by atoms with E-state index in [1.54, 1.807) is 18.7 Å². The van der Waals surface area contributed by atoms with Crippen molar-refractivity contribution in [1.82, 2.24) is 24.5 Å². The highest BCUT2D eigenvalue weighted by atomic mass is 16.1. The number of ketones is 1. The molecule has 1 aliphatic rings. The first kappa shape index (κ1) is 14.4. The molecule has 4 aromatic rings. The fourth-order valence-corrected chi connectivity index (χ4v) is 3.45. The highest BCUT2D eigenvalue weighted by Gasteiger charge is 2.16. The fourth-order valence-electron chi connectivity index (χ4n) is 3.45. The molecule has 0 atom stereocenters. The highest BCUT2D eigenvalue weighted by molar-refractivity contribution is 5.98. The summed E-state index contributed by atoms with van der Waals surface area (Å²) >= 11 is 0. The number of anilines is 1. The van der Waals surface area contributed by atoms with Crippen LogP contribution in [0, 0.1) is 0 Å². The van der Waals surface area contributed by atoms with Crippen molar-refractivity contribution in [2.45, 2.75) is 19.3 Å². The van der Waals surface area contributed by atoms with Gasteiger partial charge in [0.2, 0.25) is 0 Å². The number of hydrogen-bond acceptors (Lipinski definition) is 6. The van der Waals surface area contributed by atoms with Crippen molar-refractivity contribution in [2.75, 3.05) is 17.9 Å². The number of Topliss-reactive ketones (excluding diaryl/α,β-unsaturated/α-hetero) is 1. The Balaban J connectivity index is 1.42. The number of fused-ring (bicyclic) bond motifs is 1. The molecule has 3 aromatic heterocycles. The molecule has 0 aliphatic carbocycles. The highest BCUT2D eigenvalue weighted by Crippen LogP contribution is 2.23. The van der Waals surface area contributed by atoms with E-state index in [0.29, 0.717) is 16.9 Å². The van der Waals surface area contributed by atoms with E-state index in [1.807, 2.05) is 29.8 Å². The Morgan fingerprint density at radius 1 is 1.13 bits per heavy atom. The number of imidazole rings is 1. The Bertz CT molecular complexity index is 1390. The smallest absolute Gasteiger partial charge is 0.170 e. The van der Waals surface area contributed by atoms with Crippen molar-refractivity contribution in [3.05, 3.63) is 66.6 Å². The minimum Gasteiger partial charge on any atom is -0.357 e. The van der Waals surface area contributed by atoms with Crippen LogP contribution in [0.15, 0.2) is 55.2 Å². The summed E-state index contributed by atoms with van der Waals surface area (Å²) < 4.78 is 34.5. The SMILES string of the molecule is [2H]C1([2H])CCC([2H])([2H])N1c1cc(C(=O)Cc2ncc3ccc(-c4cncn4C)cc3n2)ccn1. The van der Waals surface area contributed by atoms with Crippen LogP contribution in [0.2, 0.25) is 0 Å². The standard InChI is InChI=1S/C23H22N6O/c1-28-15-24-14-20(28)16-4-5-18-13-26-22(27-19(18)10-16)12-21(30)17-6-7-25-23(11-17)29-8-2-3-9-29/h4-7,10-11,13-15H,2-3,8-9,12H2,1H3/i8D2,9D2. The van der Waals surface area contributed by atoms with Crippen LogP contribution in [-0.4, -0.2) is 43.3 Å². The van der Waals surface area contributed by atoms with Gasteiger partial charge in [0.05, 0.1) is 30.2 Å². The van der Waals surface area contributed by atoms with Gasteiger partial charge in [0, 0.05) is 54.4 Å². The van der Waals surface area contributed by atoms with Gasteiger partial charge >= 0.3 is 0 Å². The molecule has 30 heavy (non-hydrogen) atoms. The average molecular weight is 402 g/mol. The monoisotopic (exact) mass is 402 g/mol. The molecule has 1 fully saturated rings. The van der Waals surface area contributed by atoms with E-state index in [4.69, 9.17) is 5.48 Å². The average Bonchev–Trinajstić information content (AvgIpc) is 3.32. The lowest BCUT2D eigenvalue weighted by Gasteiger charge is -2.16. The summed E-state index contributed by atoms with van der Waals surface area (Å²) in [5.41, 5.74) is 2.92. The number of pyridine rings is 1. The van der Waals surface area contributed by atoms with Gasteiger partial charge in [-0.3, -0.25) is 4.79 Å². The predicted octanol–water partition coefficient (Wildman–Crippen LogP) is 3.45. The van der Waals surface area contributed by atoms with Gasteiger partial charge in [-0.2, -0.15) is 0 Å². The molecule has 0 spiro atoms. The van der Waals surface area contributed by atoms with Crippen LogP contribution in [0.3, 0.4) is 0 Å². The zero-order chi connectivity index (χ0) is 24.1. The van der Waals surface area contributed by atoms with E-state index in [-0.39, 0.29) is 30.9 Å². The first-order chi connectivity index (χ1) is 16.1. The van der Waals surface area contributed by atoms with Gasteiger partial charge in [-0.25, -0.2) is 19.9 Å².